The molecule has 7 rings (SSSR count). The molecule has 4 N–H and O–H groups in total. The number of nitrogens with zero attached hydrogens (tertiary/aromatic N) is 9. The van der Waals surface area contributed by atoms with Crippen molar-refractivity contribution in [2.24, 2.45) is 59.2 Å². The number of allylic oxidation sites excluding steroid dienone is 1. The fraction of sp³-hybridized carbons (Fsp3) is 0.580. The van der Waals surface area contributed by atoms with Crippen LogP contribution in [0.5, 0.6) is 0 Å². The monoisotopic (exact) mass is 2270 g/mol. The number of methoxy groups -OCH3 is 2. The fourth-order valence-corrected chi connectivity index (χ4v) is 11.9. The van der Waals surface area contributed by atoms with Crippen LogP contribution in [0.3, 0.4) is 0 Å². The van der Waals surface area contributed by atoms with Gasteiger partial charge in [0.15, 0.2) is 12.0 Å². The van der Waals surface area contributed by atoms with Crippen LogP contribution in [0.2, 0.25) is 30.1 Å². The first-order chi connectivity index (χ1) is 63.9. The Morgan fingerprint density at radius 3 is 1.21 bits per heavy atom. The largest absolute Gasteiger partial charge is 1.00 e. The molecular formula is C100H156Cl10F5KN10O16P+. The number of ether oxygens (including phenoxy) is 3. The van der Waals surface area contributed by atoms with Crippen LogP contribution >= 0.6 is 124 Å². The van der Waals surface area contributed by atoms with Gasteiger partial charge in [-0.3, -0.25) is 53.9 Å². The van der Waals surface area contributed by atoms with E-state index in [1.165, 1.54) is 11.3 Å². The van der Waals surface area contributed by atoms with Gasteiger partial charge in [-0.1, -0.05) is 263 Å². The van der Waals surface area contributed by atoms with Crippen LogP contribution in [0.1, 0.15) is 310 Å². The van der Waals surface area contributed by atoms with Crippen LogP contribution in [0, 0.1) is 72.7 Å². The third-order valence-corrected chi connectivity index (χ3v) is 21.7. The summed E-state index contributed by atoms with van der Waals surface area (Å²) in [5.74, 6) is 1.85. The summed E-state index contributed by atoms with van der Waals surface area (Å²) in [6.45, 7) is 60.2. The number of esters is 2. The minimum absolute atomic E-state index is 0. The molecule has 0 saturated carbocycles. The molecule has 0 radical (unpaired) electrons. The summed E-state index contributed by atoms with van der Waals surface area (Å²) in [5, 5.41) is 42.2. The molecule has 0 bridgehead atoms. The molecule has 0 aromatic carbocycles. The van der Waals surface area contributed by atoms with Gasteiger partial charge < -0.3 is 54.5 Å². The second-order valence-electron chi connectivity index (χ2n) is 34.1. The Labute approximate surface area is 941 Å². The second-order valence-corrected chi connectivity index (χ2v) is 39.5. The van der Waals surface area contributed by atoms with Crippen LogP contribution in [0.4, 0.5) is 25.8 Å². The number of Topliss-reactive ketones (excluding diaryl/α,β-unsaturated/α-hetero) is 1. The number of hydrogen-bond donors (Lipinski definition) is 4. The minimum Gasteiger partial charge on any atom is -0.312 e. The normalized spacial score (nSPS) is 12.8. The maximum Gasteiger partial charge on any atom is 1.00 e. The first-order valence-corrected chi connectivity index (χ1v) is 49.7. The molecule has 812 valence electrons. The van der Waals surface area contributed by atoms with E-state index in [1.54, 1.807) is 77.0 Å². The maximum absolute atomic E-state index is 11.5. The summed E-state index contributed by atoms with van der Waals surface area (Å²) in [6, 6.07) is 11.0. The number of carboxylic acid groups (broad SMARTS) is 2. The molecule has 143 heavy (non-hydrogen) atoms. The van der Waals surface area contributed by atoms with Gasteiger partial charge in [-0.2, -0.15) is 9.59 Å². The zero-order valence-corrected chi connectivity index (χ0v) is 98.1. The number of rotatable bonds is 23. The number of amides is 1. The number of carbonyl (C=O) groups is 7. The quantitative estimate of drug-likeness (QED) is 0.00442. The van der Waals surface area contributed by atoms with E-state index in [0.717, 1.165) is 75.0 Å². The van der Waals surface area contributed by atoms with Gasteiger partial charge in [0.05, 0.1) is 116 Å². The molecule has 26 nitrogen and oxygen atoms in total. The molecule has 6 aromatic rings. The zero-order chi connectivity index (χ0) is 110. The SMILES string of the molecule is C.C.C.CC(=O)c1cc(Cl)cnc1[C@H](C)C(C)C.CC(C)[C@@H](C)C(=O)O.CC(C)[C@@H](C)c1ncc(Cl)cc1CCl.CC(C)[C@@H](C)c1ncc(Cl)cc1CO.CC(C)[C@H]1NC(=O)Cc2cc(Cl)cnc21.CCO.CN(C)/C=C(\Cl)C=[N+](C)C.COC(=O)CC(=O)[O-].COC(=O)OC(=O)[C@H](C)C(C)C.Cc1cc(Cl)cnc1[C@H](C)C(C)C.ClCCl.FP(F)(F)(F)F.O=C=O.[C-]#[N+]Cc1cc(Cl)cnc1[C@H](C)C(C)C.[K+]. The van der Waals surface area contributed by atoms with Gasteiger partial charge in [0.2, 0.25) is 12.5 Å². The number of aliphatic hydroxyl groups is 2. The number of pyridine rings is 6. The summed E-state index contributed by atoms with van der Waals surface area (Å²) in [5.41, 5.74) is 11.6. The first-order valence-electron chi connectivity index (χ1n) is 43.7. The van der Waals surface area contributed by atoms with E-state index in [9.17, 15) is 64.8 Å². The van der Waals surface area contributed by atoms with E-state index >= 15 is 0 Å². The number of carboxylic acids is 2. The van der Waals surface area contributed by atoms with Crippen molar-refractivity contribution in [2.75, 3.05) is 54.4 Å². The molecule has 8 atom stereocenters. The van der Waals surface area contributed by atoms with Gasteiger partial charge in [-0.05, 0) is 121 Å². The fourth-order valence-electron chi connectivity index (χ4n) is 10.2. The summed E-state index contributed by atoms with van der Waals surface area (Å²) in [6.07, 6.45) is 12.6. The van der Waals surface area contributed by atoms with Gasteiger partial charge in [0.1, 0.15) is 19.1 Å². The number of aliphatic carboxylic acids is 2. The molecule has 1 aliphatic rings. The smallest absolute Gasteiger partial charge is 0.312 e. The van der Waals surface area contributed by atoms with Crippen molar-refractivity contribution in [3.63, 3.8) is 0 Å². The number of halogens is 15. The van der Waals surface area contributed by atoms with Crippen molar-refractivity contribution in [1.29, 1.82) is 0 Å². The summed E-state index contributed by atoms with van der Waals surface area (Å²) in [4.78, 5) is 122. The maximum atomic E-state index is 11.5. The van der Waals surface area contributed by atoms with Crippen LogP contribution in [-0.4, -0.2) is 163 Å². The Bertz CT molecular complexity index is 4680. The van der Waals surface area contributed by atoms with Gasteiger partial charge in [0, 0.05) is 128 Å². The number of aromatic nitrogens is 6. The summed E-state index contributed by atoms with van der Waals surface area (Å²) < 4.78 is 63.6. The molecule has 1 aliphatic heterocycles. The predicted molar refractivity (Wildman–Crippen MR) is 570 cm³/mol. The van der Waals surface area contributed by atoms with E-state index in [4.69, 9.17) is 142 Å². The van der Waals surface area contributed by atoms with Crippen molar-refractivity contribution in [1.82, 2.24) is 40.1 Å². The van der Waals surface area contributed by atoms with Crippen LogP contribution in [0.25, 0.3) is 4.85 Å². The molecule has 0 spiro atoms. The molecule has 0 saturated heterocycles. The molecule has 43 heteroatoms. The number of carbonyl (C=O) groups excluding carboxylic acids is 8. The van der Waals surface area contributed by atoms with Crippen molar-refractivity contribution in [2.45, 2.75) is 270 Å². The Morgan fingerprint density at radius 1 is 0.580 bits per heavy atom. The van der Waals surface area contributed by atoms with Crippen molar-refractivity contribution in [3.8, 4) is 0 Å². The standard InChI is InChI=1S/C12H15ClN2.C12H16ClNO.C11H15Cl2N.C11H13ClN2O.C11H16ClNO.C11H16ClN.C8H14O4.C7H14ClN2.C6H12O2.C4H6O4.C2H6O.CH2Cl2.CO2.3CH4.F5P.K/c1-8(2)9(3)12-10(6-14-4)5-11(13)7-15-12;1-7(2)8(3)12-11(9(4)15)5-10(13)6-14-12;1-7(2)8(3)11-9(5-12)4-10(13)6-14-11;1-6(2)10-11-7(4-9(15)14-10)3-8(12)5-13-11;1-7(2)8(3)11-9(6-14)4-10(12)5-13-11;1-7(2)9(4)11-8(3)5-10(12)6-13-11;1-5(2)6(3)7(9)12-8(10)11-4;1-9(2)5-7(8)6-10(3)4;1-4(2)5(3)6(7)8;1-8-4(7)2-3(5)6;1-2-3;2*2-1-3;;;;1-6(2,3,4)5;/h5,7-9H,6H2,1-3H3;5-8H,1-4H3;4,6-8H,5H2,1-3H3;3,5-6,10H,4H2,1-2H3,(H,14,15);4-5,7-8,14H,6H2,1-3H3;5-7,9H,1-4H3;5-6H,1-4H3;5-6H,1-4H3;4-5H,1-3H3,(H,7,8);2H2,1H3,(H,5,6);3H,2H2,1H3;1H2;;3*1H4;;/q;;;;;;;+1;;;;;;;;;;+1/p-1/t9-;2*8-;10-;8-;9-;6-;;5-;;;;;;;;;/m1111111.1........./s1. The van der Waals surface area contributed by atoms with E-state index in [0.29, 0.717) is 109 Å². The third-order valence-electron chi connectivity index (χ3n) is 20.0. The van der Waals surface area contributed by atoms with E-state index in [2.05, 4.69) is 179 Å². The van der Waals surface area contributed by atoms with Crippen LogP contribution in [0.15, 0.2) is 84.8 Å². The number of hydrogen-bond acceptors (Lipinski definition) is 22. The molecular weight excluding hydrogens is 2120 g/mol. The average Bonchev–Trinajstić information content (AvgIpc) is 0.808. The van der Waals surface area contributed by atoms with Crippen LogP contribution in [-0.2, 0) is 73.2 Å². The molecule has 0 unspecified atom stereocenters. The second kappa shape index (κ2) is 86.8. The molecule has 0 fully saturated rings. The van der Waals surface area contributed by atoms with Gasteiger partial charge >= 0.3 is 111 Å². The Balaban J connectivity index is -0.000000148. The van der Waals surface area contributed by atoms with Gasteiger partial charge in [-0.15, -0.1) is 34.8 Å². The summed E-state index contributed by atoms with van der Waals surface area (Å²) in [7, 11) is 1.47. The first kappa shape index (κ1) is 160. The average molecular weight is 2270 g/mol. The molecule has 1 amide bonds. The predicted octanol–water partition coefficient (Wildman–Crippen LogP) is 25.7. The van der Waals surface area contributed by atoms with E-state index in [1.807, 2.05) is 102 Å². The van der Waals surface area contributed by atoms with E-state index in [-0.39, 0.29) is 146 Å². The molecule has 0 aliphatic carbocycles. The Morgan fingerprint density at radius 2 is 0.909 bits per heavy atom. The Hall–Kier alpha value is -5.99. The molecule has 7 heterocycles. The third kappa shape index (κ3) is 79.7. The number of aryl methyl sites for hydroxylation is 1. The summed E-state index contributed by atoms with van der Waals surface area (Å²) >= 11 is 56.2. The Kier molecular flexibility index (Phi) is 96.9. The van der Waals surface area contributed by atoms with Crippen molar-refractivity contribution >= 4 is 178 Å². The van der Waals surface area contributed by atoms with E-state index < -0.39 is 44.6 Å². The van der Waals surface area contributed by atoms with Crippen molar-refractivity contribution < 1.29 is 155 Å². The number of fused-ring (bicyclic) bond motifs is 1. The topological polar surface area (TPSA) is 365 Å². The zero-order valence-electron chi connectivity index (χ0n) is 86.6. The number of ketones is 1. The van der Waals surface area contributed by atoms with Gasteiger partial charge in [-0.25, -0.2) is 15.9 Å². The number of nitrogens with one attached hydrogen (secondary N) is 1. The van der Waals surface area contributed by atoms with Crippen LogP contribution < -0.4 is 61.8 Å². The van der Waals surface area contributed by atoms with Crippen molar-refractivity contribution in [3.05, 3.63) is 194 Å². The number of alkyl halides is 3. The minimum atomic E-state index is -8.55. The van der Waals surface area contributed by atoms with Gasteiger partial charge in [0.25, 0.3) is 0 Å². The molecule has 6 aromatic heterocycles. The number of aliphatic hydroxyl groups excluding tert-OH is 2.